The van der Waals surface area contributed by atoms with Gasteiger partial charge in [-0.05, 0) is 76.2 Å². The maximum absolute atomic E-state index is 12.6. The normalized spacial score (nSPS) is 13.4. The van der Waals surface area contributed by atoms with Crippen molar-refractivity contribution in [1.29, 1.82) is 5.41 Å². The molecule has 2 aromatic carbocycles. The van der Waals surface area contributed by atoms with Gasteiger partial charge in [-0.25, -0.2) is 14.2 Å². The Kier molecular flexibility index (Phi) is 19.4. The van der Waals surface area contributed by atoms with E-state index in [1.54, 1.807) is 56.3 Å². The lowest BCUT2D eigenvalue weighted by atomic mass is 10.1. The first-order chi connectivity index (χ1) is 24.7. The van der Waals surface area contributed by atoms with Crippen molar-refractivity contribution in [3.05, 3.63) is 65.4 Å². The molecule has 1 fully saturated rings. The number of alkyl halides is 6. The number of aliphatic carboxylic acids is 2. The molecule has 7 N–H and O–H groups in total. The molecule has 0 unspecified atom stereocenters. The van der Waals surface area contributed by atoms with Gasteiger partial charge in [0.25, 0.3) is 5.91 Å². The van der Waals surface area contributed by atoms with Gasteiger partial charge in [0.1, 0.15) is 30.0 Å². The third kappa shape index (κ3) is 18.5. The number of hydrogen-bond donors (Lipinski definition) is 6. The van der Waals surface area contributed by atoms with Crippen molar-refractivity contribution in [1.82, 2.24) is 10.6 Å². The number of nitrogens with two attached hydrogens (primary N) is 1. The fourth-order valence-corrected chi connectivity index (χ4v) is 4.81. The third-order valence-electron chi connectivity index (χ3n) is 6.17. The van der Waals surface area contributed by atoms with E-state index in [4.69, 9.17) is 54.0 Å². The van der Waals surface area contributed by atoms with E-state index in [2.05, 4.69) is 10.6 Å². The van der Waals surface area contributed by atoms with Gasteiger partial charge in [-0.2, -0.15) is 26.3 Å². The summed E-state index contributed by atoms with van der Waals surface area (Å²) in [6.07, 6.45) is -5.31. The molecule has 0 spiro atoms. The van der Waals surface area contributed by atoms with Gasteiger partial charge in [0.05, 0.1) is 26.0 Å². The van der Waals surface area contributed by atoms with Gasteiger partial charge >= 0.3 is 32.1 Å². The number of nitrogens with one attached hydrogen (secondary N) is 3. The zero-order valence-corrected chi connectivity index (χ0v) is 29.2. The fraction of sp³-hybridized carbons (Fsp3) is 0.419. The van der Waals surface area contributed by atoms with Gasteiger partial charge in [0.2, 0.25) is 0 Å². The van der Waals surface area contributed by atoms with Gasteiger partial charge in [-0.15, -0.1) is 0 Å². The highest BCUT2D eigenvalue weighted by atomic mass is 31.2. The molecule has 1 aliphatic heterocycles. The number of halogens is 6. The van der Waals surface area contributed by atoms with E-state index >= 15 is 0 Å². The molecule has 2 aromatic rings. The molecule has 22 heteroatoms. The number of phosphoric ester groups is 1. The van der Waals surface area contributed by atoms with Crippen LogP contribution in [0.15, 0.2) is 48.7 Å². The number of carboxylic acid groups (broad SMARTS) is 2. The molecular formula is C31H39F6N4O11P. The van der Waals surface area contributed by atoms with Gasteiger partial charge < -0.3 is 40.6 Å². The zero-order chi connectivity index (χ0) is 40.2. The average Bonchev–Trinajstić information content (AvgIpc) is 3.07. The predicted molar refractivity (Wildman–Crippen MR) is 177 cm³/mol. The fourth-order valence-electron chi connectivity index (χ4n) is 3.78. The van der Waals surface area contributed by atoms with Crippen molar-refractivity contribution >= 4 is 37.6 Å². The number of hydrogen-bond acceptors (Lipinski definition) is 11. The molecule has 0 aromatic heterocycles. The van der Waals surface area contributed by atoms with E-state index in [1.807, 2.05) is 0 Å². The Labute approximate surface area is 299 Å². The molecule has 1 saturated heterocycles. The minimum absolute atomic E-state index is 0.121. The molecule has 3 rings (SSSR count). The first-order valence-corrected chi connectivity index (χ1v) is 16.9. The van der Waals surface area contributed by atoms with Crippen molar-refractivity contribution in [2.75, 3.05) is 39.5 Å². The van der Waals surface area contributed by atoms with E-state index < -0.39 is 32.1 Å². The van der Waals surface area contributed by atoms with Crippen LogP contribution in [0.1, 0.15) is 48.2 Å². The van der Waals surface area contributed by atoms with E-state index in [0.29, 0.717) is 22.4 Å². The number of carbonyl (C=O) groups excluding carboxylic acids is 1. The molecule has 1 amide bonds. The summed E-state index contributed by atoms with van der Waals surface area (Å²) in [6.45, 7) is 5.97. The second kappa shape index (κ2) is 22.3. The number of carboxylic acids is 2. The lowest BCUT2D eigenvalue weighted by molar-refractivity contribution is -0.193. The molecule has 0 atom stereocenters. The van der Waals surface area contributed by atoms with Crippen LogP contribution in [-0.2, 0) is 27.7 Å². The van der Waals surface area contributed by atoms with Crippen LogP contribution in [0, 0.1) is 5.41 Å². The SMILES string of the molecule is CCOP(=O)(OC=Cc1ccc(C(=N)N)cc1OCCNC(=O)c1ccc(OC2CCNCC2)cc1)OCC.O=C(O)C(F)(F)F.O=C(O)C(F)(F)F. The summed E-state index contributed by atoms with van der Waals surface area (Å²) < 4.78 is 103. The largest absolute Gasteiger partial charge is 0.529 e. The lowest BCUT2D eigenvalue weighted by Gasteiger charge is -2.23. The number of nitrogen functional groups attached to an aromatic ring is 1. The molecule has 296 valence electrons. The van der Waals surface area contributed by atoms with E-state index in [1.165, 1.54) is 12.3 Å². The second-order valence-electron chi connectivity index (χ2n) is 10.2. The average molecular weight is 789 g/mol. The molecule has 0 radical (unpaired) electrons. The Hall–Kier alpha value is -4.85. The van der Waals surface area contributed by atoms with Crippen molar-refractivity contribution in [2.45, 2.75) is 45.1 Å². The van der Waals surface area contributed by atoms with Crippen molar-refractivity contribution in [3.63, 3.8) is 0 Å². The molecule has 53 heavy (non-hydrogen) atoms. The van der Waals surface area contributed by atoms with Gasteiger partial charge in [-0.1, -0.05) is 12.1 Å². The summed E-state index contributed by atoms with van der Waals surface area (Å²) in [4.78, 5) is 30.4. The number of piperidine rings is 1. The first kappa shape index (κ1) is 46.2. The molecule has 0 saturated carbocycles. The summed E-state index contributed by atoms with van der Waals surface area (Å²) in [5, 5.41) is 28.1. The topological polar surface area (TPSA) is 229 Å². The summed E-state index contributed by atoms with van der Waals surface area (Å²) in [5.41, 5.74) is 7.18. The molecule has 15 nitrogen and oxygen atoms in total. The summed E-state index contributed by atoms with van der Waals surface area (Å²) in [7, 11) is -3.72. The molecule has 1 heterocycles. The van der Waals surface area contributed by atoms with Crippen molar-refractivity contribution in [3.8, 4) is 11.5 Å². The summed E-state index contributed by atoms with van der Waals surface area (Å²) in [6, 6.07) is 12.0. The van der Waals surface area contributed by atoms with Crippen LogP contribution in [0.4, 0.5) is 26.3 Å². The van der Waals surface area contributed by atoms with E-state index in [-0.39, 0.29) is 44.2 Å². The highest BCUT2D eigenvalue weighted by molar-refractivity contribution is 7.48. The minimum atomic E-state index is -5.08. The van der Waals surface area contributed by atoms with Gasteiger partial charge in [0.15, 0.2) is 0 Å². The standard InChI is InChI=1S/C27H37N4O7P.2C2HF3O2/c1-3-35-39(33,36-4-2)37-17-13-20-5-6-22(26(28)29)19-25(20)34-18-16-31-27(32)21-7-9-23(10-8-21)38-24-11-14-30-15-12-24;2*3-2(4,5)1(6)7/h5-10,13,17,19,24,30H,3-4,11-12,14-16,18H2,1-2H3,(H3,28,29)(H,31,32);2*(H,6,7). The van der Waals surface area contributed by atoms with Crippen LogP contribution in [0.3, 0.4) is 0 Å². The lowest BCUT2D eigenvalue weighted by Crippen LogP contribution is -2.34. The highest BCUT2D eigenvalue weighted by Gasteiger charge is 2.39. The van der Waals surface area contributed by atoms with E-state index in [0.717, 1.165) is 31.7 Å². The highest BCUT2D eigenvalue weighted by Crippen LogP contribution is 2.49. The maximum Gasteiger partial charge on any atom is 0.529 e. The molecule has 1 aliphatic rings. The Balaban J connectivity index is 0.000000845. The second-order valence-corrected chi connectivity index (χ2v) is 11.8. The molecule has 0 aliphatic carbocycles. The van der Waals surface area contributed by atoms with Crippen LogP contribution in [0.5, 0.6) is 11.5 Å². The third-order valence-corrected chi connectivity index (χ3v) is 7.70. The Morgan fingerprint density at radius 2 is 1.45 bits per heavy atom. The number of amides is 1. The van der Waals surface area contributed by atoms with Gasteiger partial charge in [0, 0.05) is 16.7 Å². The minimum Gasteiger partial charge on any atom is -0.491 e. The van der Waals surface area contributed by atoms with Crippen LogP contribution in [0.25, 0.3) is 6.08 Å². The molecular weight excluding hydrogens is 749 g/mol. The van der Waals surface area contributed by atoms with Crippen molar-refractivity contribution in [2.24, 2.45) is 5.73 Å². The number of rotatable bonds is 15. The van der Waals surface area contributed by atoms with Gasteiger partial charge in [-0.3, -0.25) is 19.3 Å². The molecule has 0 bridgehead atoms. The van der Waals surface area contributed by atoms with Crippen LogP contribution < -0.4 is 25.8 Å². The predicted octanol–water partition coefficient (Wildman–Crippen LogP) is 5.35. The van der Waals surface area contributed by atoms with E-state index in [9.17, 15) is 35.7 Å². The number of carbonyl (C=O) groups is 3. The zero-order valence-electron chi connectivity index (χ0n) is 28.3. The van der Waals surface area contributed by atoms with Crippen LogP contribution in [0.2, 0.25) is 0 Å². The number of ether oxygens (including phenoxy) is 2. The summed E-state index contributed by atoms with van der Waals surface area (Å²) in [5.74, 6) is -4.72. The Morgan fingerprint density at radius 1 is 0.943 bits per heavy atom. The Bertz CT molecular complexity index is 1530. The Morgan fingerprint density at radius 3 is 1.92 bits per heavy atom. The first-order valence-electron chi connectivity index (χ1n) is 15.4. The summed E-state index contributed by atoms with van der Waals surface area (Å²) >= 11 is 0. The smallest absolute Gasteiger partial charge is 0.491 e. The van der Waals surface area contributed by atoms with Crippen molar-refractivity contribution < 1.29 is 78.5 Å². The van der Waals surface area contributed by atoms with Crippen LogP contribution >= 0.6 is 7.82 Å². The van der Waals surface area contributed by atoms with Crippen LogP contribution in [-0.4, -0.2) is 91.8 Å². The quantitative estimate of drug-likeness (QED) is 0.0335. The monoisotopic (exact) mass is 788 g/mol. The number of amidine groups is 1. The maximum atomic E-state index is 12.6. The number of phosphoric acid groups is 1. The number of benzene rings is 2.